The highest BCUT2D eigenvalue weighted by Crippen LogP contribution is 2.47. The van der Waals surface area contributed by atoms with Crippen molar-refractivity contribution in [3.63, 3.8) is 0 Å². The van der Waals surface area contributed by atoms with Crippen molar-refractivity contribution < 1.29 is 19.1 Å². The van der Waals surface area contributed by atoms with Crippen LogP contribution in [0.4, 0.5) is 0 Å². The molecule has 1 saturated heterocycles. The molecule has 1 fully saturated rings. The van der Waals surface area contributed by atoms with Crippen molar-refractivity contribution in [3.8, 4) is 11.5 Å². The van der Waals surface area contributed by atoms with Crippen molar-refractivity contribution in [1.29, 1.82) is 0 Å². The zero-order valence-corrected chi connectivity index (χ0v) is 19.3. The van der Waals surface area contributed by atoms with Crippen LogP contribution in [-0.4, -0.2) is 61.2 Å². The predicted molar refractivity (Wildman–Crippen MR) is 117 cm³/mol. The van der Waals surface area contributed by atoms with Gasteiger partial charge < -0.3 is 19.3 Å². The van der Waals surface area contributed by atoms with Gasteiger partial charge in [-0.15, -0.1) is 11.8 Å². The molecule has 29 heavy (non-hydrogen) atoms. The number of ether oxygens (including phenoxy) is 2. The van der Waals surface area contributed by atoms with E-state index in [-0.39, 0.29) is 22.4 Å². The van der Waals surface area contributed by atoms with Crippen LogP contribution in [0.5, 0.6) is 11.5 Å². The fourth-order valence-electron chi connectivity index (χ4n) is 3.47. The van der Waals surface area contributed by atoms with Gasteiger partial charge in [0.15, 0.2) is 0 Å². The highest BCUT2D eigenvalue weighted by Gasteiger charge is 2.41. The number of carbonyl (C=O) groups is 2. The van der Waals surface area contributed by atoms with Crippen molar-refractivity contribution in [2.45, 2.75) is 50.7 Å². The summed E-state index contributed by atoms with van der Waals surface area (Å²) in [6.45, 7) is 7.37. The number of rotatable bonds is 10. The van der Waals surface area contributed by atoms with Gasteiger partial charge >= 0.3 is 0 Å². The molecule has 2 amide bonds. The van der Waals surface area contributed by atoms with Crippen molar-refractivity contribution in [3.05, 3.63) is 23.8 Å². The number of thioether (sulfide) groups is 1. The summed E-state index contributed by atoms with van der Waals surface area (Å²) in [6, 6.07) is 5.70. The average molecular weight is 423 g/mol. The van der Waals surface area contributed by atoms with Crippen LogP contribution in [-0.2, 0) is 9.59 Å². The van der Waals surface area contributed by atoms with E-state index in [1.165, 1.54) is 0 Å². The van der Waals surface area contributed by atoms with Gasteiger partial charge in [-0.1, -0.05) is 20.8 Å². The molecule has 162 valence electrons. The molecule has 1 aromatic rings. The second-order valence-electron chi connectivity index (χ2n) is 7.79. The molecule has 0 N–H and O–H groups in total. The van der Waals surface area contributed by atoms with Gasteiger partial charge in [-0.25, -0.2) is 0 Å². The Morgan fingerprint density at radius 3 is 2.59 bits per heavy atom. The number of methoxy groups -OCH3 is 2. The van der Waals surface area contributed by atoms with Gasteiger partial charge in [0.2, 0.25) is 11.8 Å². The number of carbonyl (C=O) groups excluding carboxylic acids is 2. The molecule has 6 nitrogen and oxygen atoms in total. The lowest BCUT2D eigenvalue weighted by molar-refractivity contribution is -0.131. The minimum absolute atomic E-state index is 0.0591. The Hall–Kier alpha value is -1.89. The third kappa shape index (κ3) is 5.81. The molecular weight excluding hydrogens is 388 g/mol. The first-order valence-electron chi connectivity index (χ1n) is 10.2. The largest absolute Gasteiger partial charge is 0.497 e. The van der Waals surface area contributed by atoms with Crippen molar-refractivity contribution >= 4 is 23.6 Å². The number of nitrogens with zero attached hydrogens (tertiary/aromatic N) is 2. The van der Waals surface area contributed by atoms with Crippen molar-refractivity contribution in [2.75, 3.05) is 34.4 Å². The zero-order valence-electron chi connectivity index (χ0n) is 18.4. The second kappa shape index (κ2) is 10.8. The SMILES string of the molecule is CC[C@H]1S[C@@H](c2cc(OC)ccc2OC)N(CCCN(C)C(=O)CC(C)C)C1=O. The van der Waals surface area contributed by atoms with E-state index in [0.717, 1.165) is 29.9 Å². The lowest BCUT2D eigenvalue weighted by atomic mass is 10.1. The third-order valence-electron chi connectivity index (χ3n) is 5.11. The van der Waals surface area contributed by atoms with Crippen molar-refractivity contribution in [2.24, 2.45) is 5.92 Å². The first kappa shape index (κ1) is 23.4. The minimum atomic E-state index is -0.117. The minimum Gasteiger partial charge on any atom is -0.497 e. The lowest BCUT2D eigenvalue weighted by Gasteiger charge is -2.27. The number of benzene rings is 1. The van der Waals surface area contributed by atoms with E-state index in [1.807, 2.05) is 50.9 Å². The number of hydrogen-bond acceptors (Lipinski definition) is 5. The first-order chi connectivity index (χ1) is 13.8. The van der Waals surface area contributed by atoms with E-state index in [4.69, 9.17) is 9.47 Å². The fourth-order valence-corrected chi connectivity index (χ4v) is 4.91. The van der Waals surface area contributed by atoms with Crippen LogP contribution in [0.15, 0.2) is 18.2 Å². The Balaban J connectivity index is 2.14. The monoisotopic (exact) mass is 422 g/mol. The molecule has 2 atom stereocenters. The van der Waals surface area contributed by atoms with Crippen LogP contribution >= 0.6 is 11.8 Å². The lowest BCUT2D eigenvalue weighted by Crippen LogP contribution is -2.35. The van der Waals surface area contributed by atoms with Crippen LogP contribution in [0.25, 0.3) is 0 Å². The van der Waals surface area contributed by atoms with E-state index in [2.05, 4.69) is 0 Å². The van der Waals surface area contributed by atoms with Crippen LogP contribution < -0.4 is 9.47 Å². The molecule has 1 aliphatic rings. The summed E-state index contributed by atoms with van der Waals surface area (Å²) in [6.07, 6.45) is 2.08. The Morgan fingerprint density at radius 1 is 1.28 bits per heavy atom. The summed E-state index contributed by atoms with van der Waals surface area (Å²) in [4.78, 5) is 28.9. The molecule has 0 aliphatic carbocycles. The Kier molecular flexibility index (Phi) is 8.68. The predicted octanol–water partition coefficient (Wildman–Crippen LogP) is 3.95. The Bertz CT molecular complexity index is 710. The molecule has 0 bridgehead atoms. The van der Waals surface area contributed by atoms with Gasteiger partial charge in [-0.05, 0) is 37.0 Å². The van der Waals surface area contributed by atoms with Crippen LogP contribution in [0.1, 0.15) is 51.0 Å². The van der Waals surface area contributed by atoms with Gasteiger partial charge in [0, 0.05) is 32.1 Å². The van der Waals surface area contributed by atoms with E-state index in [1.54, 1.807) is 30.9 Å². The maximum absolute atomic E-state index is 13.0. The molecule has 1 aromatic carbocycles. The molecule has 1 heterocycles. The fraction of sp³-hybridized carbons (Fsp3) is 0.636. The van der Waals surface area contributed by atoms with Gasteiger partial charge in [-0.2, -0.15) is 0 Å². The summed E-state index contributed by atoms with van der Waals surface area (Å²) in [5.74, 6) is 2.15. The molecule has 0 spiro atoms. The van der Waals surface area contributed by atoms with E-state index >= 15 is 0 Å². The van der Waals surface area contributed by atoms with Gasteiger partial charge in [-0.3, -0.25) is 9.59 Å². The zero-order chi connectivity index (χ0) is 21.6. The van der Waals surface area contributed by atoms with E-state index < -0.39 is 0 Å². The Labute approximate surface area is 178 Å². The van der Waals surface area contributed by atoms with E-state index in [0.29, 0.717) is 25.4 Å². The Morgan fingerprint density at radius 2 is 2.00 bits per heavy atom. The molecule has 0 aromatic heterocycles. The number of amides is 2. The average Bonchev–Trinajstić information content (AvgIpc) is 3.02. The molecule has 0 saturated carbocycles. The summed E-state index contributed by atoms with van der Waals surface area (Å²) >= 11 is 1.66. The smallest absolute Gasteiger partial charge is 0.236 e. The summed E-state index contributed by atoms with van der Waals surface area (Å²) in [7, 11) is 5.11. The van der Waals surface area contributed by atoms with Gasteiger partial charge in [0.05, 0.1) is 19.5 Å². The third-order valence-corrected chi connectivity index (χ3v) is 6.74. The van der Waals surface area contributed by atoms with Crippen LogP contribution in [0.3, 0.4) is 0 Å². The topological polar surface area (TPSA) is 59.1 Å². The highest BCUT2D eigenvalue weighted by molar-refractivity contribution is 8.01. The maximum Gasteiger partial charge on any atom is 0.236 e. The molecule has 0 unspecified atom stereocenters. The number of hydrogen-bond donors (Lipinski definition) is 0. The summed E-state index contributed by atoms with van der Waals surface area (Å²) in [5, 5.41) is -0.176. The standard InChI is InChI=1S/C22H34N2O4S/c1-7-19-21(26)24(12-8-11-23(4)20(25)13-15(2)3)22(29-19)17-14-16(27-5)9-10-18(17)28-6/h9-10,14-15,19,22H,7-8,11-13H2,1-6H3/t19-,22+/m1/s1. The van der Waals surface area contributed by atoms with Crippen LogP contribution in [0, 0.1) is 5.92 Å². The summed E-state index contributed by atoms with van der Waals surface area (Å²) in [5.41, 5.74) is 0.949. The van der Waals surface area contributed by atoms with E-state index in [9.17, 15) is 9.59 Å². The summed E-state index contributed by atoms with van der Waals surface area (Å²) < 4.78 is 10.9. The molecule has 2 rings (SSSR count). The van der Waals surface area contributed by atoms with Gasteiger partial charge in [0.1, 0.15) is 16.9 Å². The maximum atomic E-state index is 13.0. The highest BCUT2D eigenvalue weighted by atomic mass is 32.2. The van der Waals surface area contributed by atoms with Crippen molar-refractivity contribution in [1.82, 2.24) is 9.80 Å². The first-order valence-corrected chi connectivity index (χ1v) is 11.2. The normalized spacial score (nSPS) is 19.0. The molecule has 7 heteroatoms. The second-order valence-corrected chi connectivity index (χ2v) is 9.08. The molecular formula is C22H34N2O4S. The molecule has 1 aliphatic heterocycles. The quantitative estimate of drug-likeness (QED) is 0.571. The van der Waals surface area contributed by atoms with Crippen LogP contribution in [0.2, 0.25) is 0 Å². The molecule has 0 radical (unpaired) electrons. The van der Waals surface area contributed by atoms with Gasteiger partial charge in [0.25, 0.3) is 0 Å².